The van der Waals surface area contributed by atoms with E-state index in [-0.39, 0.29) is 40.5 Å². The third-order valence-electron chi connectivity index (χ3n) is 14.8. The minimum atomic E-state index is -3.18. The highest BCUT2D eigenvalue weighted by Crippen LogP contribution is 2.56. The van der Waals surface area contributed by atoms with Gasteiger partial charge in [-0.2, -0.15) is 0 Å². The molecule has 0 bridgehead atoms. The molecular weight excluding hydrogens is 764 g/mol. The van der Waals surface area contributed by atoms with Gasteiger partial charge in [0.1, 0.15) is 12.1 Å². The number of carboxylic acids is 2. The second kappa shape index (κ2) is 16.8. The monoisotopic (exact) mass is 826 g/mol. The Morgan fingerprint density at radius 3 is 1.98 bits per heavy atom. The average Bonchev–Trinajstić information content (AvgIpc) is 3.99. The molecule has 4 heterocycles. The first-order chi connectivity index (χ1) is 27.2. The predicted molar refractivity (Wildman–Crippen MR) is 218 cm³/mol. The molecule has 13 nitrogen and oxygen atoms in total. The van der Waals surface area contributed by atoms with Crippen molar-refractivity contribution in [1.82, 2.24) is 29.0 Å². The van der Waals surface area contributed by atoms with Gasteiger partial charge in [-0.3, -0.25) is 24.2 Å². The van der Waals surface area contributed by atoms with Crippen LogP contribution in [-0.4, -0.2) is 128 Å². The van der Waals surface area contributed by atoms with E-state index in [0.29, 0.717) is 44.6 Å². The molecule has 15 heteroatoms. The fourth-order valence-corrected chi connectivity index (χ4v) is 12.1. The van der Waals surface area contributed by atoms with Crippen LogP contribution < -0.4 is 0 Å². The Morgan fingerprint density at radius 1 is 0.862 bits per heavy atom. The average molecular weight is 827 g/mol. The number of hydrogen-bond donors (Lipinski definition) is 2. The Balaban J connectivity index is 0.000000344. The Morgan fingerprint density at radius 2 is 1.48 bits per heavy atom. The second-order valence-electron chi connectivity index (χ2n) is 18.5. The number of aryl methyl sites for hydroxylation is 2. The fourth-order valence-electron chi connectivity index (χ4n) is 10.2. The summed E-state index contributed by atoms with van der Waals surface area (Å²) in [7, 11) is -3.18. The van der Waals surface area contributed by atoms with Gasteiger partial charge in [0.25, 0.3) is 5.91 Å². The molecule has 3 saturated heterocycles. The van der Waals surface area contributed by atoms with Crippen molar-refractivity contribution in [1.29, 1.82) is 0 Å². The van der Waals surface area contributed by atoms with E-state index < -0.39 is 38.7 Å². The molecule has 2 N–H and O–H groups in total. The quantitative estimate of drug-likeness (QED) is 0.315. The molecular formula is C43H63FN6O7S. The normalized spacial score (nSPS) is 27.7. The van der Waals surface area contributed by atoms with Gasteiger partial charge in [-0.05, 0) is 115 Å². The predicted octanol–water partition coefficient (Wildman–Crippen LogP) is 5.78. The van der Waals surface area contributed by atoms with Crippen molar-refractivity contribution in [2.75, 3.05) is 45.8 Å². The van der Waals surface area contributed by atoms with Crippen molar-refractivity contribution in [3.63, 3.8) is 0 Å². The number of piperidine rings is 2. The molecule has 0 radical (unpaired) electrons. The standard InChI is InChI=1S/C33H47FN6O3S.C10H16O4/c1-23-21-38(33(4)12-16-37(17-13-33)32(41)30-24(2)35-22-36-25(30)3)18-19-40(23)31(27-6-5-7-28(34)20-27)26-10-14-39(15-11-26)44(42,43)29-8-9-29;1-9(2)6(7(11)12)4-5-10(9,3)8(13)14/h5-7,20,22-23,26,29,31H,8-19,21H2,1-4H3;6H,4-5H2,1-3H3,(H,11,12)(H,13,14)/t23-,31+;6-,10+/m11/s1. The van der Waals surface area contributed by atoms with Crippen molar-refractivity contribution in [2.45, 2.75) is 123 Å². The topological polar surface area (TPSA) is 165 Å². The highest BCUT2D eigenvalue weighted by molar-refractivity contribution is 7.90. The number of halogens is 1. The van der Waals surface area contributed by atoms with Crippen molar-refractivity contribution < 1.29 is 37.4 Å². The summed E-state index contributed by atoms with van der Waals surface area (Å²) < 4.78 is 42.0. The van der Waals surface area contributed by atoms with E-state index >= 15 is 0 Å². The van der Waals surface area contributed by atoms with Crippen molar-refractivity contribution >= 4 is 27.9 Å². The SMILES string of the molecule is CC1(C)[C@@H](C(=O)O)CC[C@@]1(C)C(=O)O.Cc1ncnc(C)c1C(=O)N1CCC(C)(N2CCN([C@H](c3cccc(F)c3)C3CCN(S(=O)(=O)C4CC4)CC3)[C@H](C)C2)CC1. The van der Waals surface area contributed by atoms with E-state index in [0.717, 1.165) is 75.1 Å². The first-order valence-corrected chi connectivity index (χ1v) is 22.5. The van der Waals surface area contributed by atoms with Crippen LogP contribution in [0.1, 0.15) is 119 Å². The lowest BCUT2D eigenvalue weighted by molar-refractivity contribution is -0.157. The van der Waals surface area contributed by atoms with E-state index in [2.05, 4.69) is 33.6 Å². The highest BCUT2D eigenvalue weighted by Gasteiger charge is 2.58. The van der Waals surface area contributed by atoms with Crippen LogP contribution in [0.25, 0.3) is 0 Å². The molecule has 0 unspecified atom stereocenters. The largest absolute Gasteiger partial charge is 0.481 e. The van der Waals surface area contributed by atoms with Gasteiger partial charge < -0.3 is 15.1 Å². The number of amides is 1. The number of likely N-dealkylation sites (tertiary alicyclic amines) is 1. The van der Waals surface area contributed by atoms with Gasteiger partial charge >= 0.3 is 11.9 Å². The minimum Gasteiger partial charge on any atom is -0.481 e. The maximum absolute atomic E-state index is 14.5. The van der Waals surface area contributed by atoms with Crippen molar-refractivity contribution in [3.8, 4) is 0 Å². The molecule has 2 aliphatic carbocycles. The maximum atomic E-state index is 14.5. The van der Waals surface area contributed by atoms with Crippen LogP contribution in [0.4, 0.5) is 4.39 Å². The van der Waals surface area contributed by atoms with E-state index in [1.54, 1.807) is 37.2 Å². The molecule has 1 amide bonds. The molecule has 3 aliphatic heterocycles. The number of hydrogen-bond acceptors (Lipinski definition) is 9. The Bertz CT molecular complexity index is 1940. The summed E-state index contributed by atoms with van der Waals surface area (Å²) in [5.41, 5.74) is 1.44. The number of piperazine rings is 1. The molecule has 320 valence electrons. The maximum Gasteiger partial charge on any atom is 0.309 e. The lowest BCUT2D eigenvalue weighted by atomic mass is 9.66. The number of carbonyl (C=O) groups excluding carboxylic acids is 1. The Labute approximate surface area is 343 Å². The van der Waals surface area contributed by atoms with Crippen molar-refractivity contribution in [3.05, 3.63) is 58.9 Å². The molecule has 7 rings (SSSR count). The zero-order valence-electron chi connectivity index (χ0n) is 35.3. The first kappa shape index (κ1) is 44.0. The summed E-state index contributed by atoms with van der Waals surface area (Å²) in [5, 5.41) is 17.9. The summed E-state index contributed by atoms with van der Waals surface area (Å²) in [6.07, 6.45) is 7.33. The summed E-state index contributed by atoms with van der Waals surface area (Å²) in [5.74, 6) is -2.28. The third kappa shape index (κ3) is 8.55. The van der Waals surface area contributed by atoms with Crippen LogP contribution in [-0.2, 0) is 19.6 Å². The molecule has 1 aromatic heterocycles. The second-order valence-corrected chi connectivity index (χ2v) is 20.7. The lowest BCUT2D eigenvalue weighted by Gasteiger charge is -2.54. The lowest BCUT2D eigenvalue weighted by Crippen LogP contribution is -2.63. The van der Waals surface area contributed by atoms with Crippen LogP contribution in [0, 0.1) is 42.3 Å². The zero-order valence-corrected chi connectivity index (χ0v) is 36.1. The summed E-state index contributed by atoms with van der Waals surface area (Å²) in [4.78, 5) is 51.0. The molecule has 2 aromatic rings. The van der Waals surface area contributed by atoms with Gasteiger partial charge in [0.2, 0.25) is 10.0 Å². The number of sulfonamides is 1. The van der Waals surface area contributed by atoms with Gasteiger partial charge in [0, 0.05) is 63.4 Å². The molecule has 4 atom stereocenters. The van der Waals surface area contributed by atoms with E-state index in [1.807, 2.05) is 24.8 Å². The number of aromatic nitrogens is 2. The molecule has 58 heavy (non-hydrogen) atoms. The summed E-state index contributed by atoms with van der Waals surface area (Å²) in [6.45, 7) is 18.6. The Kier molecular flexibility index (Phi) is 12.8. The van der Waals surface area contributed by atoms with E-state index in [4.69, 9.17) is 10.2 Å². The number of aliphatic carboxylic acids is 2. The van der Waals surface area contributed by atoms with Crippen molar-refractivity contribution in [2.24, 2.45) is 22.7 Å². The van der Waals surface area contributed by atoms with Crippen LogP contribution in [0.5, 0.6) is 0 Å². The first-order valence-electron chi connectivity index (χ1n) is 21.0. The number of carboxylic acid groups (broad SMARTS) is 2. The van der Waals surface area contributed by atoms with Gasteiger partial charge in [-0.25, -0.2) is 27.1 Å². The smallest absolute Gasteiger partial charge is 0.309 e. The number of rotatable bonds is 9. The van der Waals surface area contributed by atoms with Gasteiger partial charge in [0.15, 0.2) is 0 Å². The van der Waals surface area contributed by atoms with Crippen LogP contribution in [0.3, 0.4) is 0 Å². The fraction of sp³-hybridized carbons (Fsp3) is 0.698. The van der Waals surface area contributed by atoms with Crippen LogP contribution in [0.2, 0.25) is 0 Å². The van der Waals surface area contributed by atoms with E-state index in [1.165, 1.54) is 12.4 Å². The zero-order chi connectivity index (χ0) is 42.4. The van der Waals surface area contributed by atoms with E-state index in [9.17, 15) is 27.2 Å². The number of nitrogens with zero attached hydrogens (tertiary/aromatic N) is 6. The number of carbonyl (C=O) groups is 3. The molecule has 5 aliphatic rings. The summed E-state index contributed by atoms with van der Waals surface area (Å²) in [6, 6.07) is 7.29. The van der Waals surface area contributed by atoms with Gasteiger partial charge in [0.05, 0.1) is 33.5 Å². The van der Waals surface area contributed by atoms with Crippen LogP contribution >= 0.6 is 0 Å². The number of benzene rings is 1. The van der Waals surface area contributed by atoms with Gasteiger partial charge in [-0.1, -0.05) is 26.0 Å². The third-order valence-corrected chi connectivity index (χ3v) is 17.2. The Hall–Kier alpha value is -3.53. The molecule has 2 saturated carbocycles. The highest BCUT2D eigenvalue weighted by atomic mass is 32.2. The molecule has 0 spiro atoms. The molecule has 1 aromatic carbocycles. The summed E-state index contributed by atoms with van der Waals surface area (Å²) >= 11 is 0. The van der Waals surface area contributed by atoms with Crippen LogP contribution in [0.15, 0.2) is 30.6 Å². The van der Waals surface area contributed by atoms with Gasteiger partial charge in [-0.15, -0.1) is 0 Å². The minimum absolute atomic E-state index is 0.00866. The molecule has 5 fully saturated rings.